The molecule has 0 spiro atoms. The van der Waals surface area contributed by atoms with E-state index in [1.807, 2.05) is 30.3 Å². The monoisotopic (exact) mass is 296 g/mol. The highest BCUT2D eigenvalue weighted by Crippen LogP contribution is 2.26. The molecule has 0 N–H and O–H groups in total. The number of benzene rings is 2. The van der Waals surface area contributed by atoms with Crippen LogP contribution in [-0.2, 0) is 6.42 Å². The van der Waals surface area contributed by atoms with E-state index < -0.39 is 0 Å². The molecule has 3 rings (SSSR count). The first kappa shape index (κ1) is 11.2. The van der Waals surface area contributed by atoms with Crippen LogP contribution in [0.4, 0.5) is 0 Å². The summed E-state index contributed by atoms with van der Waals surface area (Å²) in [5.74, 6) is 0. The smallest absolute Gasteiger partial charge is 0.0851 e. The van der Waals surface area contributed by atoms with Gasteiger partial charge in [-0.3, -0.25) is 0 Å². The Morgan fingerprint density at radius 3 is 2.83 bits per heavy atom. The lowest BCUT2D eigenvalue weighted by molar-refractivity contribution is 1.27. The lowest BCUT2D eigenvalue weighted by Crippen LogP contribution is -1.87. The van der Waals surface area contributed by atoms with E-state index in [9.17, 15) is 0 Å². The van der Waals surface area contributed by atoms with Crippen molar-refractivity contribution in [2.45, 2.75) is 6.42 Å². The van der Waals surface area contributed by atoms with Gasteiger partial charge >= 0.3 is 0 Å². The molecule has 2 nitrogen and oxygen atoms in total. The van der Waals surface area contributed by atoms with Crippen molar-refractivity contribution < 1.29 is 0 Å². The molecule has 0 radical (unpaired) electrons. The zero-order chi connectivity index (χ0) is 12.5. The molecule has 2 aromatic carbocycles. The van der Waals surface area contributed by atoms with Gasteiger partial charge in [0.2, 0.25) is 0 Å². The van der Waals surface area contributed by atoms with Crippen molar-refractivity contribution in [2.24, 2.45) is 0 Å². The maximum absolute atomic E-state index is 8.73. The second kappa shape index (κ2) is 4.40. The lowest BCUT2D eigenvalue weighted by Gasteiger charge is -2.04. The van der Waals surface area contributed by atoms with Crippen LogP contribution < -0.4 is 0 Å². The molecule has 3 heteroatoms. The third kappa shape index (κ3) is 1.85. The summed E-state index contributed by atoms with van der Waals surface area (Å²) >= 11 is 3.52. The topological polar surface area (TPSA) is 36.7 Å². The predicted octanol–water partition coefficient (Wildman–Crippen LogP) is 4.22. The number of nitrogens with zero attached hydrogens (tertiary/aromatic N) is 2. The molecule has 86 valence electrons. The van der Waals surface area contributed by atoms with Crippen molar-refractivity contribution in [1.29, 1.82) is 5.26 Å². The molecule has 0 unspecified atom stereocenters. The van der Waals surface area contributed by atoms with E-state index in [-0.39, 0.29) is 0 Å². The van der Waals surface area contributed by atoms with Crippen LogP contribution in [0.5, 0.6) is 0 Å². The van der Waals surface area contributed by atoms with Gasteiger partial charge in [-0.1, -0.05) is 24.3 Å². The van der Waals surface area contributed by atoms with E-state index in [4.69, 9.17) is 5.26 Å². The number of para-hydroxylation sites is 1. The number of nitriles is 1. The number of pyridine rings is 1. The van der Waals surface area contributed by atoms with E-state index in [2.05, 4.69) is 39.1 Å². The average Bonchev–Trinajstić information content (AvgIpc) is 2.38. The van der Waals surface area contributed by atoms with Crippen molar-refractivity contribution in [3.8, 4) is 6.07 Å². The standard InChI is InChI=1S/C15H9BrN2/c16-13-3-1-2-12-9-11-5-4-10(6-7-17)8-14(11)18-15(12)13/h1-5,8-9H,6H2. The maximum atomic E-state index is 8.73. The third-order valence-electron chi connectivity index (χ3n) is 2.94. The normalized spacial score (nSPS) is 10.7. The molecule has 1 aromatic heterocycles. The molecule has 1 heterocycles. The predicted molar refractivity (Wildman–Crippen MR) is 76.3 cm³/mol. The molecule has 0 saturated carbocycles. The van der Waals surface area contributed by atoms with Gasteiger partial charge in [0.1, 0.15) is 0 Å². The van der Waals surface area contributed by atoms with Gasteiger partial charge in [0.05, 0.1) is 23.5 Å². The number of hydrogen-bond donors (Lipinski definition) is 0. The van der Waals surface area contributed by atoms with Crippen LogP contribution in [0.1, 0.15) is 5.56 Å². The summed E-state index contributed by atoms with van der Waals surface area (Å²) in [5.41, 5.74) is 2.89. The minimum absolute atomic E-state index is 0.422. The zero-order valence-corrected chi connectivity index (χ0v) is 11.1. The summed E-state index contributed by atoms with van der Waals surface area (Å²) in [5, 5.41) is 10.9. The van der Waals surface area contributed by atoms with E-state index in [1.54, 1.807) is 0 Å². The molecular weight excluding hydrogens is 288 g/mol. The summed E-state index contributed by atoms with van der Waals surface area (Å²) in [6, 6.07) is 16.3. The average molecular weight is 297 g/mol. The van der Waals surface area contributed by atoms with Gasteiger partial charge in [-0.2, -0.15) is 5.26 Å². The fourth-order valence-corrected chi connectivity index (χ4v) is 2.53. The molecule has 0 atom stereocenters. The molecule has 0 aliphatic heterocycles. The second-order valence-electron chi connectivity index (χ2n) is 4.16. The minimum atomic E-state index is 0.422. The van der Waals surface area contributed by atoms with Crippen molar-refractivity contribution in [3.63, 3.8) is 0 Å². The Bertz CT molecular complexity index is 787. The van der Waals surface area contributed by atoms with Gasteiger partial charge in [-0.05, 0) is 39.7 Å². The summed E-state index contributed by atoms with van der Waals surface area (Å²) < 4.78 is 0.993. The summed E-state index contributed by atoms with van der Waals surface area (Å²) in [6.07, 6.45) is 0.422. The molecule has 18 heavy (non-hydrogen) atoms. The quantitative estimate of drug-likeness (QED) is 0.631. The number of fused-ring (bicyclic) bond motifs is 2. The van der Waals surface area contributed by atoms with Crippen LogP contribution in [0.3, 0.4) is 0 Å². The molecule has 0 saturated heterocycles. The Morgan fingerprint density at radius 1 is 1.11 bits per heavy atom. The third-order valence-corrected chi connectivity index (χ3v) is 3.58. The van der Waals surface area contributed by atoms with Crippen molar-refractivity contribution in [2.75, 3.05) is 0 Å². The first-order valence-electron chi connectivity index (χ1n) is 5.63. The van der Waals surface area contributed by atoms with Gasteiger partial charge < -0.3 is 0 Å². The Balaban J connectivity index is 2.33. The number of aromatic nitrogens is 1. The fraction of sp³-hybridized carbons (Fsp3) is 0.0667. The highest BCUT2D eigenvalue weighted by molar-refractivity contribution is 9.10. The van der Waals surface area contributed by atoms with E-state index >= 15 is 0 Å². The highest BCUT2D eigenvalue weighted by atomic mass is 79.9. The molecule has 0 bridgehead atoms. The summed E-state index contributed by atoms with van der Waals surface area (Å²) in [7, 11) is 0. The van der Waals surface area contributed by atoms with Gasteiger partial charge in [0.25, 0.3) is 0 Å². The summed E-state index contributed by atoms with van der Waals surface area (Å²) in [6.45, 7) is 0. The van der Waals surface area contributed by atoms with Crippen LogP contribution in [0, 0.1) is 11.3 Å². The first-order chi connectivity index (χ1) is 8.78. The van der Waals surface area contributed by atoms with Gasteiger partial charge in [0, 0.05) is 15.2 Å². The van der Waals surface area contributed by atoms with Crippen LogP contribution >= 0.6 is 15.9 Å². The van der Waals surface area contributed by atoms with Gasteiger partial charge in [-0.15, -0.1) is 0 Å². The lowest BCUT2D eigenvalue weighted by atomic mass is 10.1. The molecule has 0 fully saturated rings. The van der Waals surface area contributed by atoms with Crippen LogP contribution in [0.25, 0.3) is 21.8 Å². The maximum Gasteiger partial charge on any atom is 0.0851 e. The minimum Gasteiger partial charge on any atom is -0.247 e. The number of hydrogen-bond acceptors (Lipinski definition) is 2. The van der Waals surface area contributed by atoms with Crippen molar-refractivity contribution in [3.05, 3.63) is 52.5 Å². The van der Waals surface area contributed by atoms with E-state index in [0.29, 0.717) is 6.42 Å². The van der Waals surface area contributed by atoms with Crippen LogP contribution in [-0.4, -0.2) is 4.98 Å². The Hall–Kier alpha value is -1.92. The highest BCUT2D eigenvalue weighted by Gasteiger charge is 2.03. The SMILES string of the molecule is N#CCc1ccc2cc3cccc(Br)c3nc2c1. The Labute approximate surface area is 113 Å². The molecule has 3 aromatic rings. The number of halogens is 1. The van der Waals surface area contributed by atoms with Gasteiger partial charge in [0.15, 0.2) is 0 Å². The first-order valence-corrected chi connectivity index (χ1v) is 6.42. The van der Waals surface area contributed by atoms with Crippen molar-refractivity contribution >= 4 is 37.7 Å². The Morgan fingerprint density at radius 2 is 2.00 bits per heavy atom. The largest absolute Gasteiger partial charge is 0.247 e. The fourth-order valence-electron chi connectivity index (χ4n) is 2.06. The zero-order valence-electron chi connectivity index (χ0n) is 9.52. The van der Waals surface area contributed by atoms with Crippen LogP contribution in [0.2, 0.25) is 0 Å². The second-order valence-corrected chi connectivity index (χ2v) is 5.02. The molecule has 0 amide bonds. The van der Waals surface area contributed by atoms with Crippen LogP contribution in [0.15, 0.2) is 46.9 Å². The van der Waals surface area contributed by atoms with Gasteiger partial charge in [-0.25, -0.2) is 4.98 Å². The summed E-state index contributed by atoms with van der Waals surface area (Å²) in [4.78, 5) is 4.66. The van der Waals surface area contributed by atoms with Crippen molar-refractivity contribution in [1.82, 2.24) is 4.98 Å². The molecule has 0 aliphatic carbocycles. The molecule has 0 aliphatic rings. The van der Waals surface area contributed by atoms with E-state index in [1.165, 1.54) is 0 Å². The number of rotatable bonds is 1. The molecular formula is C15H9BrN2. The Kier molecular flexibility index (Phi) is 2.73. The van der Waals surface area contributed by atoms with E-state index in [0.717, 1.165) is 31.8 Å².